The Labute approximate surface area is 152 Å². The maximum atomic E-state index is 2.53. The number of rotatable bonds is 6. The van der Waals surface area contributed by atoms with E-state index in [1.807, 2.05) is 34.0 Å². The third-order valence-electron chi connectivity index (χ3n) is 3.71. The van der Waals surface area contributed by atoms with Crippen molar-refractivity contribution in [1.82, 2.24) is 0 Å². The molecule has 0 spiro atoms. The quantitative estimate of drug-likeness (QED) is 0.431. The van der Waals surface area contributed by atoms with Crippen molar-refractivity contribution < 1.29 is 0 Å². The monoisotopic (exact) mass is 376 g/mol. The Morgan fingerprint density at radius 3 is 1.91 bits per heavy atom. The standard InChI is InChI=1S/C18H22BPS3/c1-20(2,3)11-10-15(16-7-4-12-21-16)19(17-8-5-13-22-17)18-9-6-14-23-18/h4-10,12-14,20H,11H2,1-3H3/b15-10-. The van der Waals surface area contributed by atoms with Gasteiger partial charge < -0.3 is 0 Å². The first-order valence-electron chi connectivity index (χ1n) is 7.85. The van der Waals surface area contributed by atoms with E-state index < -0.39 is 7.26 Å². The summed E-state index contributed by atoms with van der Waals surface area (Å²) in [7, 11) is -1.11. The van der Waals surface area contributed by atoms with E-state index in [4.69, 9.17) is 0 Å². The molecule has 0 radical (unpaired) electrons. The SMILES string of the molecule is C[PH](C)(C)C/C=C(\B(c1cccs1)c1cccs1)c1cccs1. The second-order valence-electron chi connectivity index (χ2n) is 6.87. The third-order valence-corrected chi connectivity index (χ3v) is 7.93. The molecular formula is C18H22BPS3. The van der Waals surface area contributed by atoms with Crippen molar-refractivity contribution in [2.45, 2.75) is 0 Å². The summed E-state index contributed by atoms with van der Waals surface area (Å²) < 4.78 is 2.89. The van der Waals surface area contributed by atoms with E-state index in [-0.39, 0.29) is 0 Å². The molecule has 120 valence electrons. The van der Waals surface area contributed by atoms with Gasteiger partial charge in [-0.2, -0.15) is 0 Å². The van der Waals surface area contributed by atoms with Crippen LogP contribution >= 0.6 is 41.3 Å². The van der Waals surface area contributed by atoms with Crippen molar-refractivity contribution in [3.8, 4) is 0 Å². The summed E-state index contributed by atoms with van der Waals surface area (Å²) in [5.41, 5.74) is 1.49. The molecule has 0 aliphatic heterocycles. The second kappa shape index (κ2) is 7.48. The van der Waals surface area contributed by atoms with E-state index in [9.17, 15) is 0 Å². The number of allylic oxidation sites excluding steroid dienone is 1. The summed E-state index contributed by atoms with van der Waals surface area (Å²) in [4.78, 5) is 1.41. The van der Waals surface area contributed by atoms with Crippen LogP contribution in [0.15, 0.2) is 58.6 Å². The molecule has 0 bridgehead atoms. The molecule has 0 aromatic carbocycles. The van der Waals surface area contributed by atoms with Crippen LogP contribution in [0.2, 0.25) is 0 Å². The predicted molar refractivity (Wildman–Crippen MR) is 117 cm³/mol. The molecule has 0 nitrogen and oxygen atoms in total. The zero-order chi connectivity index (χ0) is 16.3. The van der Waals surface area contributed by atoms with E-state index >= 15 is 0 Å². The van der Waals surface area contributed by atoms with Gasteiger partial charge in [-0.25, -0.2) is 0 Å². The molecule has 3 aromatic heterocycles. The van der Waals surface area contributed by atoms with Gasteiger partial charge in [0, 0.05) is 0 Å². The van der Waals surface area contributed by atoms with Crippen LogP contribution < -0.4 is 9.55 Å². The molecule has 0 atom stereocenters. The molecule has 0 N–H and O–H groups in total. The first kappa shape index (κ1) is 17.2. The predicted octanol–water partition coefficient (Wildman–Crippen LogP) is 4.74. The fourth-order valence-electron chi connectivity index (χ4n) is 2.58. The Hall–Kier alpha value is -0.665. The maximum absolute atomic E-state index is 2.53. The van der Waals surface area contributed by atoms with E-state index in [1.165, 1.54) is 26.1 Å². The van der Waals surface area contributed by atoms with E-state index in [0.717, 1.165) is 0 Å². The Morgan fingerprint density at radius 2 is 1.48 bits per heavy atom. The van der Waals surface area contributed by atoms with Crippen molar-refractivity contribution in [2.24, 2.45) is 0 Å². The molecular weight excluding hydrogens is 354 g/mol. The molecule has 0 aliphatic rings. The Kier molecular flexibility index (Phi) is 5.59. The average Bonchev–Trinajstić information content (AvgIpc) is 3.23. The van der Waals surface area contributed by atoms with Gasteiger partial charge in [0.05, 0.1) is 0 Å². The van der Waals surface area contributed by atoms with Crippen LogP contribution in [0.4, 0.5) is 0 Å². The van der Waals surface area contributed by atoms with E-state index in [0.29, 0.717) is 6.71 Å². The van der Waals surface area contributed by atoms with Crippen LogP contribution in [0.3, 0.4) is 0 Å². The van der Waals surface area contributed by atoms with Crippen molar-refractivity contribution in [3.05, 3.63) is 63.5 Å². The van der Waals surface area contributed by atoms with Gasteiger partial charge in [-0.3, -0.25) is 0 Å². The number of hydrogen-bond acceptors (Lipinski definition) is 3. The van der Waals surface area contributed by atoms with Crippen LogP contribution in [-0.2, 0) is 0 Å². The molecule has 0 amide bonds. The van der Waals surface area contributed by atoms with Gasteiger partial charge in [0.1, 0.15) is 0 Å². The minimum absolute atomic E-state index is 0.380. The molecule has 0 saturated carbocycles. The van der Waals surface area contributed by atoms with Crippen LogP contribution in [0.25, 0.3) is 5.47 Å². The van der Waals surface area contributed by atoms with E-state index in [2.05, 4.69) is 78.6 Å². The minimum atomic E-state index is -1.11. The van der Waals surface area contributed by atoms with Gasteiger partial charge in [0.15, 0.2) is 0 Å². The molecule has 23 heavy (non-hydrogen) atoms. The summed E-state index contributed by atoms with van der Waals surface area (Å²) in [5, 5.41) is 6.58. The summed E-state index contributed by atoms with van der Waals surface area (Å²) in [5.74, 6) is 0. The third kappa shape index (κ3) is 4.45. The molecule has 0 fully saturated rings. The molecule has 0 unspecified atom stereocenters. The topological polar surface area (TPSA) is 0 Å². The van der Waals surface area contributed by atoms with Crippen LogP contribution in [0, 0.1) is 0 Å². The number of thiophene rings is 3. The normalized spacial score (nSPS) is 13.3. The fourth-order valence-corrected chi connectivity index (χ4v) is 6.01. The summed E-state index contributed by atoms with van der Waals surface area (Å²) in [6, 6.07) is 13.4. The Balaban J connectivity index is 2.08. The zero-order valence-electron chi connectivity index (χ0n) is 13.8. The second-order valence-corrected chi connectivity index (χ2v) is 15.3. The van der Waals surface area contributed by atoms with Gasteiger partial charge in [-0.1, -0.05) is 0 Å². The first-order valence-corrected chi connectivity index (χ1v) is 14.2. The van der Waals surface area contributed by atoms with Gasteiger partial charge in [0.2, 0.25) is 0 Å². The van der Waals surface area contributed by atoms with Crippen molar-refractivity contribution >= 4 is 63.0 Å². The Bertz CT molecular complexity index is 701. The zero-order valence-corrected chi connectivity index (χ0v) is 17.2. The van der Waals surface area contributed by atoms with Crippen molar-refractivity contribution in [2.75, 3.05) is 26.2 Å². The van der Waals surface area contributed by atoms with Gasteiger partial charge >= 0.3 is 153 Å². The van der Waals surface area contributed by atoms with Crippen molar-refractivity contribution in [3.63, 3.8) is 0 Å². The molecule has 3 heterocycles. The first-order chi connectivity index (χ1) is 11.0. The summed E-state index contributed by atoms with van der Waals surface area (Å²) in [6.45, 7) is 7.72. The average molecular weight is 376 g/mol. The van der Waals surface area contributed by atoms with Gasteiger partial charge in [-0.15, -0.1) is 0 Å². The van der Waals surface area contributed by atoms with Crippen LogP contribution in [0.1, 0.15) is 4.88 Å². The fraction of sp³-hybridized carbons (Fsp3) is 0.222. The van der Waals surface area contributed by atoms with Crippen LogP contribution in [0.5, 0.6) is 0 Å². The van der Waals surface area contributed by atoms with E-state index in [1.54, 1.807) is 0 Å². The van der Waals surface area contributed by atoms with Gasteiger partial charge in [0.25, 0.3) is 0 Å². The van der Waals surface area contributed by atoms with Crippen molar-refractivity contribution in [1.29, 1.82) is 0 Å². The molecule has 0 saturated heterocycles. The van der Waals surface area contributed by atoms with Gasteiger partial charge in [-0.05, 0) is 0 Å². The molecule has 3 aromatic rings. The molecule has 5 heteroatoms. The molecule has 0 aliphatic carbocycles. The Morgan fingerprint density at radius 1 is 0.913 bits per heavy atom. The molecule has 3 rings (SSSR count). The number of hydrogen-bond donors (Lipinski definition) is 0. The summed E-state index contributed by atoms with van der Waals surface area (Å²) >= 11 is 5.60. The summed E-state index contributed by atoms with van der Waals surface area (Å²) in [6.07, 6.45) is 3.76. The van der Waals surface area contributed by atoms with Crippen LogP contribution in [-0.4, -0.2) is 32.9 Å².